The van der Waals surface area contributed by atoms with Gasteiger partial charge in [-0.1, -0.05) is 26.7 Å². The number of hydrogen-bond donors (Lipinski definition) is 3. The number of benzene rings is 1. The molecule has 0 unspecified atom stereocenters. The molecule has 0 aliphatic heterocycles. The van der Waals surface area contributed by atoms with Crippen LogP contribution in [0, 0.1) is 11.3 Å². The van der Waals surface area contributed by atoms with Crippen LogP contribution >= 0.6 is 0 Å². The van der Waals surface area contributed by atoms with Gasteiger partial charge in [-0.2, -0.15) is 0 Å². The van der Waals surface area contributed by atoms with Gasteiger partial charge in [-0.3, -0.25) is 0 Å². The Hall–Kier alpha value is -1.38. The van der Waals surface area contributed by atoms with Crippen LogP contribution in [0.5, 0.6) is 0 Å². The summed E-state index contributed by atoms with van der Waals surface area (Å²) in [6.45, 7) is 5.69. The zero-order valence-electron chi connectivity index (χ0n) is 12.2. The van der Waals surface area contributed by atoms with Crippen LogP contribution in [-0.4, -0.2) is 6.54 Å². The molecule has 5 N–H and O–H groups in total. The lowest BCUT2D eigenvalue weighted by Gasteiger charge is -2.31. The molecule has 1 aromatic carbocycles. The molecule has 1 aliphatic rings. The van der Waals surface area contributed by atoms with Crippen molar-refractivity contribution in [3.63, 3.8) is 0 Å². The number of anilines is 3. The lowest BCUT2D eigenvalue weighted by Crippen LogP contribution is -2.28. The maximum Gasteiger partial charge on any atom is 0.0568 e. The van der Waals surface area contributed by atoms with Crippen molar-refractivity contribution in [1.29, 1.82) is 0 Å². The van der Waals surface area contributed by atoms with E-state index in [9.17, 15) is 0 Å². The van der Waals surface area contributed by atoms with Gasteiger partial charge in [0.1, 0.15) is 0 Å². The van der Waals surface area contributed by atoms with Gasteiger partial charge in [0, 0.05) is 12.2 Å². The molecule has 1 saturated carbocycles. The molecule has 3 nitrogen and oxygen atoms in total. The normalized spacial score (nSPS) is 17.8. The molecule has 0 aromatic heterocycles. The average molecular weight is 261 g/mol. The van der Waals surface area contributed by atoms with Crippen molar-refractivity contribution in [2.75, 3.05) is 23.3 Å². The highest BCUT2D eigenvalue weighted by Crippen LogP contribution is 2.43. The minimum absolute atomic E-state index is 0.477. The minimum Gasteiger partial charge on any atom is -0.397 e. The predicted molar refractivity (Wildman–Crippen MR) is 84.1 cm³/mol. The van der Waals surface area contributed by atoms with Crippen molar-refractivity contribution in [3.05, 3.63) is 18.2 Å². The number of nitrogens with two attached hydrogens (primary N) is 2. The maximum atomic E-state index is 5.85. The van der Waals surface area contributed by atoms with E-state index in [1.54, 1.807) is 0 Å². The van der Waals surface area contributed by atoms with E-state index >= 15 is 0 Å². The third-order valence-electron chi connectivity index (χ3n) is 4.26. The fourth-order valence-electron chi connectivity index (χ4n) is 3.42. The van der Waals surface area contributed by atoms with Gasteiger partial charge in [0.2, 0.25) is 0 Å². The maximum absolute atomic E-state index is 5.85. The van der Waals surface area contributed by atoms with Crippen LogP contribution in [0.4, 0.5) is 17.1 Å². The highest BCUT2D eigenvalue weighted by molar-refractivity contribution is 5.69. The monoisotopic (exact) mass is 261 g/mol. The Kier molecular flexibility index (Phi) is 4.23. The zero-order chi connectivity index (χ0) is 13.9. The van der Waals surface area contributed by atoms with Crippen molar-refractivity contribution in [3.8, 4) is 0 Å². The summed E-state index contributed by atoms with van der Waals surface area (Å²) in [5.41, 5.74) is 14.5. The predicted octanol–water partition coefficient (Wildman–Crippen LogP) is 3.87. The summed E-state index contributed by atoms with van der Waals surface area (Å²) in [4.78, 5) is 0. The number of nitrogens with one attached hydrogen (secondary N) is 1. The molecular formula is C16H27N3. The molecule has 0 heterocycles. The van der Waals surface area contributed by atoms with Gasteiger partial charge in [0.15, 0.2) is 0 Å². The Morgan fingerprint density at radius 3 is 2.42 bits per heavy atom. The highest BCUT2D eigenvalue weighted by atomic mass is 14.9. The van der Waals surface area contributed by atoms with Crippen molar-refractivity contribution >= 4 is 17.1 Å². The third-order valence-corrected chi connectivity index (χ3v) is 4.26. The molecule has 106 valence electrons. The highest BCUT2D eigenvalue weighted by Gasteiger charge is 2.34. The summed E-state index contributed by atoms with van der Waals surface area (Å²) >= 11 is 0. The Morgan fingerprint density at radius 1 is 1.16 bits per heavy atom. The van der Waals surface area contributed by atoms with Crippen molar-refractivity contribution < 1.29 is 0 Å². The first-order chi connectivity index (χ1) is 9.01. The van der Waals surface area contributed by atoms with E-state index in [2.05, 4.69) is 19.2 Å². The van der Waals surface area contributed by atoms with Crippen LogP contribution in [0.3, 0.4) is 0 Å². The van der Waals surface area contributed by atoms with Gasteiger partial charge in [-0.05, 0) is 48.8 Å². The molecule has 0 atom stereocenters. The summed E-state index contributed by atoms with van der Waals surface area (Å²) in [6, 6.07) is 5.83. The van der Waals surface area contributed by atoms with E-state index in [0.29, 0.717) is 16.8 Å². The molecule has 0 saturated heterocycles. The first kappa shape index (κ1) is 14.0. The Morgan fingerprint density at radius 2 is 1.84 bits per heavy atom. The quantitative estimate of drug-likeness (QED) is 0.705. The van der Waals surface area contributed by atoms with E-state index < -0.39 is 0 Å². The Bertz CT molecular complexity index is 420. The number of rotatable bonds is 5. The van der Waals surface area contributed by atoms with Crippen molar-refractivity contribution in [2.24, 2.45) is 11.3 Å². The minimum atomic E-state index is 0.477. The Balaban J connectivity index is 2.00. The Labute approximate surface area is 116 Å². The van der Waals surface area contributed by atoms with Gasteiger partial charge in [-0.25, -0.2) is 0 Å². The fraction of sp³-hybridized carbons (Fsp3) is 0.625. The molecule has 1 aromatic rings. The van der Waals surface area contributed by atoms with Crippen LogP contribution in [0.1, 0.15) is 46.0 Å². The molecule has 0 spiro atoms. The van der Waals surface area contributed by atoms with E-state index in [1.807, 2.05) is 18.2 Å². The van der Waals surface area contributed by atoms with E-state index in [4.69, 9.17) is 11.5 Å². The van der Waals surface area contributed by atoms with Crippen LogP contribution in [-0.2, 0) is 0 Å². The van der Waals surface area contributed by atoms with Gasteiger partial charge >= 0.3 is 0 Å². The van der Waals surface area contributed by atoms with Crippen LogP contribution in [0.25, 0.3) is 0 Å². The topological polar surface area (TPSA) is 64.1 Å². The van der Waals surface area contributed by atoms with E-state index in [-0.39, 0.29) is 0 Å². The summed E-state index contributed by atoms with van der Waals surface area (Å²) in [5, 5.41) is 3.57. The van der Waals surface area contributed by atoms with Crippen molar-refractivity contribution in [1.82, 2.24) is 0 Å². The summed E-state index contributed by atoms with van der Waals surface area (Å²) < 4.78 is 0. The third kappa shape index (κ3) is 3.55. The second kappa shape index (κ2) is 5.72. The van der Waals surface area contributed by atoms with Crippen LogP contribution < -0.4 is 16.8 Å². The lowest BCUT2D eigenvalue weighted by molar-refractivity contribution is 0.252. The molecule has 2 rings (SSSR count). The van der Waals surface area contributed by atoms with Gasteiger partial charge in [0.05, 0.1) is 11.4 Å². The summed E-state index contributed by atoms with van der Waals surface area (Å²) in [5.74, 6) is 0.761. The largest absolute Gasteiger partial charge is 0.397 e. The smallest absolute Gasteiger partial charge is 0.0568 e. The summed E-state index contributed by atoms with van der Waals surface area (Å²) in [6.07, 6.45) is 6.76. The first-order valence-electron chi connectivity index (χ1n) is 7.40. The second-order valence-corrected chi connectivity index (χ2v) is 6.50. The summed E-state index contributed by atoms with van der Waals surface area (Å²) in [7, 11) is 0. The van der Waals surface area contributed by atoms with Gasteiger partial charge in [-0.15, -0.1) is 0 Å². The first-order valence-corrected chi connectivity index (χ1v) is 7.40. The number of hydrogen-bond acceptors (Lipinski definition) is 3. The lowest BCUT2D eigenvalue weighted by atomic mass is 9.78. The molecule has 19 heavy (non-hydrogen) atoms. The van der Waals surface area contributed by atoms with Crippen molar-refractivity contribution in [2.45, 2.75) is 46.0 Å². The van der Waals surface area contributed by atoms with Crippen LogP contribution in [0.15, 0.2) is 18.2 Å². The molecule has 0 amide bonds. The van der Waals surface area contributed by atoms with Gasteiger partial charge < -0.3 is 16.8 Å². The van der Waals surface area contributed by atoms with Crippen LogP contribution in [0.2, 0.25) is 0 Å². The molecular weight excluding hydrogens is 234 g/mol. The second-order valence-electron chi connectivity index (χ2n) is 6.50. The standard InChI is InChI=1S/C16H27N3/c1-12(2)10-16(7-3-4-8-16)11-19-13-5-6-14(17)15(18)9-13/h5-6,9,12,19H,3-4,7-8,10-11,17-18H2,1-2H3. The van der Waals surface area contributed by atoms with Gasteiger partial charge in [0.25, 0.3) is 0 Å². The SMILES string of the molecule is CC(C)CC1(CNc2ccc(N)c(N)c2)CCCC1. The van der Waals surface area contributed by atoms with E-state index in [0.717, 1.165) is 18.2 Å². The molecule has 0 bridgehead atoms. The number of nitrogen functional groups attached to an aromatic ring is 2. The average Bonchev–Trinajstić information content (AvgIpc) is 2.79. The van der Waals surface area contributed by atoms with E-state index in [1.165, 1.54) is 32.1 Å². The molecule has 3 heteroatoms. The fourth-order valence-corrected chi connectivity index (χ4v) is 3.42. The molecule has 0 radical (unpaired) electrons. The zero-order valence-corrected chi connectivity index (χ0v) is 12.2. The molecule has 1 aliphatic carbocycles. The molecule has 1 fully saturated rings.